The SMILES string of the molecule is COc1ccccc1-c1ncc(CN2CCN3[C@@H](COC[C@@H]3C3CC3)C2)s1. The lowest BCUT2D eigenvalue weighted by Gasteiger charge is -2.48. The summed E-state index contributed by atoms with van der Waals surface area (Å²) >= 11 is 1.78. The van der Waals surface area contributed by atoms with Crippen molar-refractivity contribution in [2.24, 2.45) is 5.92 Å². The van der Waals surface area contributed by atoms with Gasteiger partial charge in [0, 0.05) is 49.3 Å². The smallest absolute Gasteiger partial charge is 0.129 e. The third kappa shape index (κ3) is 3.63. The van der Waals surface area contributed by atoms with Crippen LogP contribution in [0.1, 0.15) is 17.7 Å². The fraction of sp³-hybridized carbons (Fsp3) is 0.571. The third-order valence-electron chi connectivity index (χ3n) is 6.07. The van der Waals surface area contributed by atoms with Gasteiger partial charge in [-0.25, -0.2) is 4.98 Å². The molecule has 1 saturated carbocycles. The molecule has 0 radical (unpaired) electrons. The van der Waals surface area contributed by atoms with Crippen LogP contribution in [-0.2, 0) is 11.3 Å². The summed E-state index contributed by atoms with van der Waals surface area (Å²) in [6.45, 7) is 6.22. The van der Waals surface area contributed by atoms with Crippen LogP contribution in [0.4, 0.5) is 0 Å². The fourth-order valence-corrected chi connectivity index (χ4v) is 5.50. The first kappa shape index (κ1) is 17.6. The molecule has 144 valence electrons. The first-order chi connectivity index (χ1) is 13.3. The van der Waals surface area contributed by atoms with Gasteiger partial charge in [-0.2, -0.15) is 0 Å². The molecule has 2 aliphatic heterocycles. The minimum atomic E-state index is 0.555. The van der Waals surface area contributed by atoms with Crippen LogP contribution < -0.4 is 4.74 Å². The largest absolute Gasteiger partial charge is 0.496 e. The summed E-state index contributed by atoms with van der Waals surface area (Å²) in [5.74, 6) is 1.78. The summed E-state index contributed by atoms with van der Waals surface area (Å²) in [5, 5.41) is 1.04. The fourth-order valence-electron chi connectivity index (χ4n) is 4.52. The summed E-state index contributed by atoms with van der Waals surface area (Å²) in [4.78, 5) is 11.3. The topological polar surface area (TPSA) is 37.8 Å². The predicted octanol–water partition coefficient (Wildman–Crippen LogP) is 3.11. The number of para-hydroxylation sites is 1. The minimum Gasteiger partial charge on any atom is -0.496 e. The lowest BCUT2D eigenvalue weighted by molar-refractivity contribution is -0.0878. The summed E-state index contributed by atoms with van der Waals surface area (Å²) in [6.07, 6.45) is 4.82. The molecule has 3 aliphatic rings. The lowest BCUT2D eigenvalue weighted by Crippen LogP contribution is -2.62. The van der Waals surface area contributed by atoms with Crippen molar-refractivity contribution in [3.63, 3.8) is 0 Å². The zero-order valence-corrected chi connectivity index (χ0v) is 16.7. The van der Waals surface area contributed by atoms with Crippen LogP contribution in [0.5, 0.6) is 5.75 Å². The highest BCUT2D eigenvalue weighted by molar-refractivity contribution is 7.15. The molecule has 27 heavy (non-hydrogen) atoms. The number of hydrogen-bond acceptors (Lipinski definition) is 6. The Morgan fingerprint density at radius 1 is 1.22 bits per heavy atom. The van der Waals surface area contributed by atoms with E-state index in [1.165, 1.54) is 24.3 Å². The highest BCUT2D eigenvalue weighted by atomic mass is 32.1. The molecule has 2 aromatic rings. The second-order valence-corrected chi connectivity index (χ2v) is 9.02. The number of fused-ring (bicyclic) bond motifs is 1. The van der Waals surface area contributed by atoms with Crippen molar-refractivity contribution in [3.8, 4) is 16.3 Å². The van der Waals surface area contributed by atoms with E-state index in [0.717, 1.165) is 55.1 Å². The second kappa shape index (κ2) is 7.51. The van der Waals surface area contributed by atoms with Crippen molar-refractivity contribution in [2.45, 2.75) is 31.5 Å². The molecule has 2 saturated heterocycles. The van der Waals surface area contributed by atoms with Gasteiger partial charge in [-0.3, -0.25) is 9.80 Å². The van der Waals surface area contributed by atoms with E-state index in [2.05, 4.69) is 20.9 Å². The molecule has 0 bridgehead atoms. The zero-order chi connectivity index (χ0) is 18.2. The van der Waals surface area contributed by atoms with E-state index >= 15 is 0 Å². The van der Waals surface area contributed by atoms with Crippen molar-refractivity contribution in [1.82, 2.24) is 14.8 Å². The number of thiazole rings is 1. The van der Waals surface area contributed by atoms with Crippen molar-refractivity contribution in [3.05, 3.63) is 35.3 Å². The zero-order valence-electron chi connectivity index (χ0n) is 15.8. The van der Waals surface area contributed by atoms with Gasteiger partial charge in [0.1, 0.15) is 10.8 Å². The number of nitrogens with zero attached hydrogens (tertiary/aromatic N) is 3. The van der Waals surface area contributed by atoms with Gasteiger partial charge in [-0.15, -0.1) is 11.3 Å². The number of piperazine rings is 1. The lowest BCUT2D eigenvalue weighted by atomic mass is 10.0. The Kier molecular flexibility index (Phi) is 4.90. The Morgan fingerprint density at radius 3 is 2.96 bits per heavy atom. The van der Waals surface area contributed by atoms with E-state index in [1.54, 1.807) is 18.4 Å². The van der Waals surface area contributed by atoms with Gasteiger partial charge in [-0.1, -0.05) is 12.1 Å². The molecule has 6 heteroatoms. The molecule has 5 rings (SSSR count). The van der Waals surface area contributed by atoms with Crippen LogP contribution in [0.25, 0.3) is 10.6 Å². The maximum atomic E-state index is 5.95. The summed E-state index contributed by atoms with van der Waals surface area (Å²) < 4.78 is 11.4. The van der Waals surface area contributed by atoms with Gasteiger partial charge >= 0.3 is 0 Å². The Labute approximate surface area is 164 Å². The number of methoxy groups -OCH3 is 1. The van der Waals surface area contributed by atoms with Gasteiger partial charge < -0.3 is 9.47 Å². The number of benzene rings is 1. The Hall–Kier alpha value is -1.47. The molecular weight excluding hydrogens is 358 g/mol. The van der Waals surface area contributed by atoms with Crippen LogP contribution in [0.15, 0.2) is 30.5 Å². The number of hydrogen-bond donors (Lipinski definition) is 0. The van der Waals surface area contributed by atoms with E-state index < -0.39 is 0 Å². The first-order valence-electron chi connectivity index (χ1n) is 9.96. The van der Waals surface area contributed by atoms with Crippen LogP contribution >= 0.6 is 11.3 Å². The number of ether oxygens (including phenoxy) is 2. The number of aromatic nitrogens is 1. The van der Waals surface area contributed by atoms with E-state index in [1.807, 2.05) is 24.4 Å². The molecule has 0 unspecified atom stereocenters. The normalized spacial score (nSPS) is 26.7. The Morgan fingerprint density at radius 2 is 2.11 bits per heavy atom. The van der Waals surface area contributed by atoms with Gasteiger partial charge in [0.05, 0.1) is 25.9 Å². The average Bonchev–Trinajstić information content (AvgIpc) is 3.46. The summed E-state index contributed by atoms with van der Waals surface area (Å²) in [5.41, 5.74) is 1.08. The minimum absolute atomic E-state index is 0.555. The number of rotatable bonds is 5. The quantitative estimate of drug-likeness (QED) is 0.791. The molecule has 0 spiro atoms. The standard InChI is InChI=1S/C21H27N3O2S/c1-25-20-5-3-2-4-18(20)21-22-10-17(27-21)12-23-8-9-24-16(11-23)13-26-14-19(24)15-6-7-15/h2-5,10,15-16,19H,6-9,11-14H2,1H3/t16-,19-/m1/s1. The van der Waals surface area contributed by atoms with Gasteiger partial charge in [-0.05, 0) is 30.9 Å². The molecular formula is C21H27N3O2S. The molecule has 0 amide bonds. The molecule has 3 heterocycles. The van der Waals surface area contributed by atoms with Crippen LogP contribution in [0.2, 0.25) is 0 Å². The number of morpholine rings is 1. The highest BCUT2D eigenvalue weighted by Crippen LogP contribution is 2.38. The van der Waals surface area contributed by atoms with Crippen LogP contribution in [0.3, 0.4) is 0 Å². The van der Waals surface area contributed by atoms with E-state index in [-0.39, 0.29) is 0 Å². The molecule has 1 aromatic heterocycles. The van der Waals surface area contributed by atoms with Crippen molar-refractivity contribution in [2.75, 3.05) is 40.0 Å². The monoisotopic (exact) mass is 385 g/mol. The molecule has 0 N–H and O–H groups in total. The molecule has 2 atom stereocenters. The highest BCUT2D eigenvalue weighted by Gasteiger charge is 2.42. The van der Waals surface area contributed by atoms with E-state index in [0.29, 0.717) is 12.1 Å². The first-order valence-corrected chi connectivity index (χ1v) is 10.8. The van der Waals surface area contributed by atoms with Gasteiger partial charge in [0.2, 0.25) is 0 Å². The van der Waals surface area contributed by atoms with Crippen molar-refractivity contribution >= 4 is 11.3 Å². The molecule has 3 fully saturated rings. The second-order valence-electron chi connectivity index (χ2n) is 7.90. The summed E-state index contributed by atoms with van der Waals surface area (Å²) in [6, 6.07) is 9.34. The van der Waals surface area contributed by atoms with E-state index in [4.69, 9.17) is 9.47 Å². The molecule has 1 aromatic carbocycles. The third-order valence-corrected chi connectivity index (χ3v) is 7.09. The Balaban J connectivity index is 1.25. The van der Waals surface area contributed by atoms with Gasteiger partial charge in [0.15, 0.2) is 0 Å². The van der Waals surface area contributed by atoms with Crippen molar-refractivity contribution in [1.29, 1.82) is 0 Å². The van der Waals surface area contributed by atoms with Gasteiger partial charge in [0.25, 0.3) is 0 Å². The van der Waals surface area contributed by atoms with Crippen LogP contribution in [0, 0.1) is 5.92 Å². The van der Waals surface area contributed by atoms with E-state index in [9.17, 15) is 0 Å². The Bertz CT molecular complexity index is 791. The molecule has 1 aliphatic carbocycles. The summed E-state index contributed by atoms with van der Waals surface area (Å²) in [7, 11) is 1.72. The molecule has 5 nitrogen and oxygen atoms in total. The maximum absolute atomic E-state index is 5.95. The van der Waals surface area contributed by atoms with Crippen LogP contribution in [-0.4, -0.2) is 66.8 Å². The average molecular weight is 386 g/mol. The van der Waals surface area contributed by atoms with Crippen molar-refractivity contribution < 1.29 is 9.47 Å². The predicted molar refractivity (Wildman–Crippen MR) is 107 cm³/mol. The maximum Gasteiger partial charge on any atom is 0.129 e.